The molecule has 0 aromatic heterocycles. The van der Waals surface area contributed by atoms with Gasteiger partial charge in [0.2, 0.25) is 0 Å². The lowest BCUT2D eigenvalue weighted by atomic mass is 10.1. The molecule has 2 rings (SSSR count). The lowest BCUT2D eigenvalue weighted by Gasteiger charge is -2.17. The third kappa shape index (κ3) is 4.58. The van der Waals surface area contributed by atoms with Crippen molar-refractivity contribution in [2.75, 3.05) is 6.61 Å². The SMILES string of the molecule is CC1(C)OC[C@@H](Cc2ccc(CS(=O)(=O)O)cc2)O1. The van der Waals surface area contributed by atoms with Gasteiger partial charge < -0.3 is 9.47 Å². The van der Waals surface area contributed by atoms with Gasteiger partial charge in [-0.3, -0.25) is 4.55 Å². The van der Waals surface area contributed by atoms with Crippen molar-refractivity contribution in [3.8, 4) is 0 Å². The van der Waals surface area contributed by atoms with Gasteiger partial charge in [-0.05, 0) is 25.0 Å². The van der Waals surface area contributed by atoms with Gasteiger partial charge in [-0.15, -0.1) is 0 Å². The van der Waals surface area contributed by atoms with Gasteiger partial charge in [0.15, 0.2) is 5.79 Å². The highest BCUT2D eigenvalue weighted by molar-refractivity contribution is 7.85. The number of hydrogen-bond donors (Lipinski definition) is 1. The molecule has 5 nitrogen and oxygen atoms in total. The first-order valence-corrected chi connectivity index (χ1v) is 7.69. The number of benzene rings is 1. The highest BCUT2D eigenvalue weighted by Crippen LogP contribution is 2.24. The maximum absolute atomic E-state index is 10.8. The fourth-order valence-corrected chi connectivity index (χ4v) is 2.72. The first-order chi connectivity index (χ1) is 8.73. The monoisotopic (exact) mass is 286 g/mol. The minimum atomic E-state index is -3.97. The fraction of sp³-hybridized carbons (Fsp3) is 0.538. The molecule has 106 valence electrons. The summed E-state index contributed by atoms with van der Waals surface area (Å²) in [5, 5.41) is 0. The number of ether oxygens (including phenoxy) is 2. The Bertz CT molecular complexity index is 533. The third-order valence-electron chi connectivity index (χ3n) is 2.90. The van der Waals surface area contributed by atoms with Gasteiger partial charge in [0.05, 0.1) is 12.7 Å². The Labute approximate surface area is 113 Å². The van der Waals surface area contributed by atoms with Crippen molar-refractivity contribution in [3.05, 3.63) is 35.4 Å². The zero-order valence-corrected chi connectivity index (χ0v) is 11.8. The lowest BCUT2D eigenvalue weighted by Crippen LogP contribution is -2.22. The van der Waals surface area contributed by atoms with E-state index in [9.17, 15) is 8.42 Å². The Hall–Kier alpha value is -0.950. The molecular formula is C13H18O5S. The van der Waals surface area contributed by atoms with Crippen LogP contribution in [0.25, 0.3) is 0 Å². The van der Waals surface area contributed by atoms with Crippen LogP contribution in [0.3, 0.4) is 0 Å². The van der Waals surface area contributed by atoms with Crippen molar-refractivity contribution in [3.63, 3.8) is 0 Å². The predicted octanol–water partition coefficient (Wildman–Crippen LogP) is 1.77. The van der Waals surface area contributed by atoms with E-state index in [1.54, 1.807) is 12.1 Å². The average molecular weight is 286 g/mol. The second-order valence-corrected chi connectivity index (χ2v) is 6.65. The Kier molecular flexibility index (Phi) is 3.96. The van der Waals surface area contributed by atoms with E-state index in [2.05, 4.69) is 0 Å². The molecule has 1 aliphatic heterocycles. The summed E-state index contributed by atoms with van der Waals surface area (Å²) < 4.78 is 41.5. The molecule has 1 heterocycles. The van der Waals surface area contributed by atoms with Crippen LogP contribution >= 0.6 is 0 Å². The van der Waals surface area contributed by atoms with Gasteiger partial charge >= 0.3 is 0 Å². The van der Waals surface area contributed by atoms with Crippen LogP contribution in [0.2, 0.25) is 0 Å². The summed E-state index contributed by atoms with van der Waals surface area (Å²) in [7, 11) is -3.97. The molecule has 1 saturated heterocycles. The summed E-state index contributed by atoms with van der Waals surface area (Å²) >= 11 is 0. The minimum Gasteiger partial charge on any atom is -0.348 e. The van der Waals surface area contributed by atoms with Crippen LogP contribution in [-0.2, 0) is 31.8 Å². The van der Waals surface area contributed by atoms with Gasteiger partial charge in [0, 0.05) is 6.42 Å². The van der Waals surface area contributed by atoms with E-state index in [4.69, 9.17) is 14.0 Å². The molecule has 1 aromatic carbocycles. The quantitative estimate of drug-likeness (QED) is 0.854. The Balaban J connectivity index is 1.96. The molecule has 0 saturated carbocycles. The van der Waals surface area contributed by atoms with E-state index < -0.39 is 15.9 Å². The smallest absolute Gasteiger partial charge is 0.269 e. The van der Waals surface area contributed by atoms with Crippen molar-refractivity contribution in [1.29, 1.82) is 0 Å². The predicted molar refractivity (Wildman–Crippen MR) is 70.3 cm³/mol. The van der Waals surface area contributed by atoms with Gasteiger partial charge in [-0.25, -0.2) is 0 Å². The zero-order chi connectivity index (χ0) is 14.1. The van der Waals surface area contributed by atoms with Crippen molar-refractivity contribution >= 4 is 10.1 Å². The molecule has 6 heteroatoms. The first kappa shape index (κ1) is 14.5. The molecule has 1 atom stereocenters. The van der Waals surface area contributed by atoms with E-state index in [0.717, 1.165) is 12.0 Å². The summed E-state index contributed by atoms with van der Waals surface area (Å²) in [6.45, 7) is 4.31. The standard InChI is InChI=1S/C13H18O5S/c1-13(2)17-8-12(18-13)7-10-3-5-11(6-4-10)9-19(14,15)16/h3-6,12H,7-9H2,1-2H3,(H,14,15,16)/t12-/m1/s1. The summed E-state index contributed by atoms with van der Waals surface area (Å²) in [4.78, 5) is 0. The van der Waals surface area contributed by atoms with E-state index in [-0.39, 0.29) is 11.9 Å². The number of rotatable bonds is 4. The molecular weight excluding hydrogens is 268 g/mol. The Morgan fingerprint density at radius 2 is 1.84 bits per heavy atom. The highest BCUT2D eigenvalue weighted by atomic mass is 32.2. The summed E-state index contributed by atoms with van der Waals surface area (Å²) in [5.41, 5.74) is 1.61. The average Bonchev–Trinajstić information content (AvgIpc) is 2.59. The molecule has 0 spiro atoms. The van der Waals surface area contributed by atoms with E-state index in [1.807, 2.05) is 26.0 Å². The van der Waals surface area contributed by atoms with Crippen molar-refractivity contribution in [2.24, 2.45) is 0 Å². The minimum absolute atomic E-state index is 0.0161. The van der Waals surface area contributed by atoms with Gasteiger partial charge in [0.1, 0.15) is 5.75 Å². The second kappa shape index (κ2) is 5.20. The molecule has 0 radical (unpaired) electrons. The van der Waals surface area contributed by atoms with Crippen LogP contribution in [-0.4, -0.2) is 31.5 Å². The molecule has 0 unspecified atom stereocenters. The molecule has 0 amide bonds. The van der Waals surface area contributed by atoms with Crippen molar-refractivity contribution in [2.45, 2.75) is 37.9 Å². The van der Waals surface area contributed by atoms with Gasteiger partial charge in [0.25, 0.3) is 10.1 Å². The lowest BCUT2D eigenvalue weighted by molar-refractivity contribution is -0.138. The largest absolute Gasteiger partial charge is 0.348 e. The van der Waals surface area contributed by atoms with E-state index in [1.165, 1.54) is 0 Å². The van der Waals surface area contributed by atoms with Crippen LogP contribution < -0.4 is 0 Å². The molecule has 0 aliphatic carbocycles. The summed E-state index contributed by atoms with van der Waals surface area (Å²) in [6, 6.07) is 7.08. The zero-order valence-electron chi connectivity index (χ0n) is 11.0. The van der Waals surface area contributed by atoms with E-state index >= 15 is 0 Å². The van der Waals surface area contributed by atoms with Gasteiger partial charge in [-0.2, -0.15) is 8.42 Å². The first-order valence-electron chi connectivity index (χ1n) is 6.08. The molecule has 1 fully saturated rings. The van der Waals surface area contributed by atoms with E-state index in [0.29, 0.717) is 12.2 Å². The van der Waals surface area contributed by atoms with Crippen molar-refractivity contribution in [1.82, 2.24) is 0 Å². The molecule has 19 heavy (non-hydrogen) atoms. The summed E-state index contributed by atoms with van der Waals surface area (Å²) in [5.74, 6) is -0.890. The van der Waals surface area contributed by atoms with Gasteiger partial charge in [-0.1, -0.05) is 24.3 Å². The highest BCUT2D eigenvalue weighted by Gasteiger charge is 2.32. The normalized spacial score (nSPS) is 22.6. The van der Waals surface area contributed by atoms with Crippen LogP contribution in [0.1, 0.15) is 25.0 Å². The molecule has 1 aliphatic rings. The molecule has 1 N–H and O–H groups in total. The maximum Gasteiger partial charge on any atom is 0.269 e. The van der Waals surface area contributed by atoms with Crippen LogP contribution in [0.5, 0.6) is 0 Å². The fourth-order valence-electron chi connectivity index (χ4n) is 2.11. The molecule has 1 aromatic rings. The third-order valence-corrected chi connectivity index (χ3v) is 3.60. The van der Waals surface area contributed by atoms with Crippen LogP contribution in [0.15, 0.2) is 24.3 Å². The Morgan fingerprint density at radius 3 is 2.32 bits per heavy atom. The maximum atomic E-state index is 10.8. The van der Waals surface area contributed by atoms with Crippen LogP contribution in [0.4, 0.5) is 0 Å². The topological polar surface area (TPSA) is 72.8 Å². The second-order valence-electron chi connectivity index (χ2n) is 5.20. The molecule has 0 bridgehead atoms. The van der Waals surface area contributed by atoms with Crippen LogP contribution in [0, 0.1) is 0 Å². The Morgan fingerprint density at radius 1 is 1.26 bits per heavy atom. The van der Waals surface area contributed by atoms with Crippen molar-refractivity contribution < 1.29 is 22.4 Å². The summed E-state index contributed by atoms with van der Waals surface area (Å²) in [6.07, 6.45) is 0.734. The number of hydrogen-bond acceptors (Lipinski definition) is 4.